The van der Waals surface area contributed by atoms with Gasteiger partial charge in [0.15, 0.2) is 0 Å². The number of hydrogen-bond acceptors (Lipinski definition) is 6. The average molecular weight is 1660 g/mol. The Labute approximate surface area is 658 Å². The Hall–Kier alpha value is 2.01. The first-order chi connectivity index (χ1) is 44.7. The van der Waals surface area contributed by atoms with Crippen molar-refractivity contribution >= 4 is 70.5 Å². The fraction of sp³-hybridized carbons (Fsp3) is 0.929. The largest absolute Gasteiger partial charge is 4.00 e. The minimum Gasteiger partial charge on any atom is -0.812 e. The van der Waals surface area contributed by atoms with Crippen molar-refractivity contribution in [2.45, 2.75) is 427 Å². The van der Waals surface area contributed by atoms with Gasteiger partial charge in [0.2, 0.25) is 0 Å². The van der Waals surface area contributed by atoms with Crippen LogP contribution in [0, 0.1) is 84.2 Å². The molecule has 2 heterocycles. The summed E-state index contributed by atoms with van der Waals surface area (Å²) in [5.41, 5.74) is 11.2. The van der Waals surface area contributed by atoms with Crippen molar-refractivity contribution < 1.29 is 48.5 Å². The van der Waals surface area contributed by atoms with Gasteiger partial charge in [-0.1, -0.05) is 156 Å². The van der Waals surface area contributed by atoms with Crippen LogP contribution in [-0.4, -0.2) is 116 Å². The molecule has 580 valence electrons. The maximum Gasteiger partial charge on any atom is 4.00 e. The second-order valence-electron chi connectivity index (χ2n) is 35.1. The van der Waals surface area contributed by atoms with Crippen LogP contribution in [0.15, 0.2) is 22.4 Å². The number of piperidine rings is 2. The second kappa shape index (κ2) is 59.9. The summed E-state index contributed by atoms with van der Waals surface area (Å²) in [5.74, 6) is 7.47. The first-order valence-corrected chi connectivity index (χ1v) is 47.7. The van der Waals surface area contributed by atoms with Crippen molar-refractivity contribution in [3.63, 3.8) is 0 Å². The molecular formula is C84H168N4O2P4Ru2S2+4. The van der Waals surface area contributed by atoms with Gasteiger partial charge in [-0.15, -0.1) is 12.1 Å². The zero-order valence-corrected chi connectivity index (χ0v) is 79.3. The summed E-state index contributed by atoms with van der Waals surface area (Å²) < 4.78 is 0. The van der Waals surface area contributed by atoms with Crippen LogP contribution in [0.5, 0.6) is 0 Å². The van der Waals surface area contributed by atoms with E-state index in [9.17, 15) is 0 Å². The summed E-state index contributed by atoms with van der Waals surface area (Å²) in [6, 6.07) is 1.95. The number of allylic oxidation sites excluding steroid dienone is 2. The van der Waals surface area contributed by atoms with Crippen LogP contribution in [0.25, 0.3) is 10.6 Å². The SMILES string of the molecule is CC(C)[PH+](C(C)C)C(C)C.CC(C)[PH+](C(C)C)C(C)C.CC(C)[PH+](C(C)C)C(C)C.CC(C)[PH+](C(C)C)C(C)C.[CH-]=CC1CC(C(C)C)C(N=NC2C(C(C)C)CC(C=[CH-])CC2C(C)C)C(C(C)C)C1.[CH-]=O.[CH-]=O.[Ru+4].[Ru+4].[S-]C1CCC2CCCCC2[N-]1.[S-]C1CCC2CCCCC2[N-]1. The molecule has 4 saturated carbocycles. The van der Waals surface area contributed by atoms with Gasteiger partial charge >= 0.3 is 39.0 Å². The van der Waals surface area contributed by atoms with Gasteiger partial charge < -0.3 is 58.6 Å². The Bertz CT molecular complexity index is 1630. The predicted molar refractivity (Wildman–Crippen MR) is 456 cm³/mol. The van der Waals surface area contributed by atoms with Crippen LogP contribution >= 0.6 is 31.7 Å². The maximum absolute atomic E-state index is 7.75. The van der Waals surface area contributed by atoms with E-state index < -0.39 is 0 Å². The summed E-state index contributed by atoms with van der Waals surface area (Å²) >= 11 is 10.4. The van der Waals surface area contributed by atoms with Crippen LogP contribution in [0.4, 0.5) is 0 Å². The molecule has 0 aromatic rings. The number of azo groups is 1. The molecule has 10 atom stereocenters. The number of rotatable bonds is 20. The summed E-state index contributed by atoms with van der Waals surface area (Å²) in [6.45, 7) is 94.1. The van der Waals surface area contributed by atoms with E-state index in [1.807, 2.05) is 12.2 Å². The summed E-state index contributed by atoms with van der Waals surface area (Å²) in [4.78, 5) is 15.5. The van der Waals surface area contributed by atoms with E-state index in [0.29, 0.717) is 83.3 Å². The molecule has 0 radical (unpaired) electrons. The van der Waals surface area contributed by atoms with E-state index >= 15 is 0 Å². The molecule has 10 unspecified atom stereocenters. The second-order valence-corrected chi connectivity index (χ2v) is 54.1. The molecule has 0 aromatic carbocycles. The molecule has 6 aliphatic rings. The third-order valence-electron chi connectivity index (χ3n) is 22.4. The molecule has 2 aliphatic heterocycles. The van der Waals surface area contributed by atoms with Crippen LogP contribution in [-0.2, 0) is 73.8 Å². The average Bonchev–Trinajstić information content (AvgIpc) is 0.800. The normalized spacial score (nSPS) is 27.0. The van der Waals surface area contributed by atoms with E-state index in [4.69, 9.17) is 58.2 Å². The molecule has 6 fully saturated rings. The molecule has 6 nitrogen and oxygen atoms in total. The number of fused-ring (bicyclic) bond motifs is 2. The first kappa shape index (κ1) is 109. The van der Waals surface area contributed by atoms with Crippen LogP contribution in [0.1, 0.15) is 324 Å². The standard InChI is InChI=1S/C28H48N2.2C9H16NS.4C9H21P.2CHO.2Ru/c1-11-21-13-23(17(3)4)27(24(14-21)18(5)6)29-30-28-25(19(7)8)15-22(12-2)16-26(28)20(9)10;2*11-9-6-5-7-3-1-2-4-8(7)10-9;4*1-7(2)10(8(3)4)9(5)6;2*1-2;;/h1-2,11-12,17-28H,13-16H2,3-10H3;2*7-9,11H,1-6H2;4*7-9H,1-6H3;2*1H;;/q-2;2*-1;;;;;2*-1;2*+4/p+2. The number of hydrogen-bond donors (Lipinski definition) is 0. The Morgan fingerprint density at radius 1 is 0.316 bits per heavy atom. The van der Waals surface area contributed by atoms with Gasteiger partial charge in [0.25, 0.3) is 0 Å². The van der Waals surface area contributed by atoms with Crippen molar-refractivity contribution in [3.05, 3.63) is 35.9 Å². The van der Waals surface area contributed by atoms with Crippen molar-refractivity contribution in [2.24, 2.45) is 81.2 Å². The Morgan fingerprint density at radius 2 is 0.500 bits per heavy atom. The molecule has 4 aliphatic carbocycles. The smallest absolute Gasteiger partial charge is 0.812 e. The molecule has 14 heteroatoms. The van der Waals surface area contributed by atoms with Gasteiger partial charge in [0.1, 0.15) is 0 Å². The third kappa shape index (κ3) is 42.7. The molecular weight excluding hydrogens is 1490 g/mol. The fourth-order valence-corrected chi connectivity index (χ4v) is 35.6. The quantitative estimate of drug-likeness (QED) is 0.0303. The Balaban J connectivity index is -0.000000360. The van der Waals surface area contributed by atoms with Crippen molar-refractivity contribution in [3.8, 4) is 0 Å². The minimum atomic E-state index is -0.0957. The predicted octanol–water partition coefficient (Wildman–Crippen LogP) is 26.4. The van der Waals surface area contributed by atoms with Crippen molar-refractivity contribution in [1.29, 1.82) is 0 Å². The number of carbonyl (C=O) groups excluding carboxylic acids is 2. The van der Waals surface area contributed by atoms with Crippen LogP contribution in [0.2, 0.25) is 0 Å². The minimum absolute atomic E-state index is 0. The summed E-state index contributed by atoms with van der Waals surface area (Å²) in [7, 11) is -0.383. The first-order valence-electron chi connectivity index (χ1n) is 39.8. The molecule has 0 N–H and O–H groups in total. The van der Waals surface area contributed by atoms with E-state index in [-0.39, 0.29) is 81.4 Å². The maximum atomic E-state index is 7.75. The van der Waals surface area contributed by atoms with E-state index in [2.05, 4.69) is 246 Å². The van der Waals surface area contributed by atoms with E-state index in [1.54, 1.807) is 0 Å². The third-order valence-corrected chi connectivity index (χ3v) is 39.1. The van der Waals surface area contributed by atoms with E-state index in [1.165, 1.54) is 64.2 Å². The topological polar surface area (TPSA) is 87.1 Å². The van der Waals surface area contributed by atoms with Crippen molar-refractivity contribution in [2.75, 3.05) is 0 Å². The number of nitrogens with zero attached hydrogens (tertiary/aromatic N) is 4. The van der Waals surface area contributed by atoms with Gasteiger partial charge in [-0.05, 0) is 239 Å². The fourth-order valence-electron chi connectivity index (χ4n) is 19.0. The summed E-state index contributed by atoms with van der Waals surface area (Å²) in [5, 5.41) is 20.2. The monoisotopic (exact) mass is 1660 g/mol. The molecule has 0 amide bonds. The molecule has 0 spiro atoms. The van der Waals surface area contributed by atoms with Crippen LogP contribution in [0.3, 0.4) is 0 Å². The molecule has 6 rings (SSSR count). The van der Waals surface area contributed by atoms with Gasteiger partial charge in [0, 0.05) is 31.7 Å². The van der Waals surface area contributed by atoms with Gasteiger partial charge in [-0.3, -0.25) is 36.5 Å². The zero-order chi connectivity index (χ0) is 75.2. The van der Waals surface area contributed by atoms with Gasteiger partial charge in [-0.2, -0.15) is 10.2 Å². The van der Waals surface area contributed by atoms with E-state index in [0.717, 1.165) is 118 Å². The molecule has 2 saturated heterocycles. The molecule has 0 bridgehead atoms. The Morgan fingerprint density at radius 3 is 0.653 bits per heavy atom. The van der Waals surface area contributed by atoms with Crippen molar-refractivity contribution in [1.82, 2.24) is 0 Å². The van der Waals surface area contributed by atoms with Gasteiger partial charge in [-0.25, -0.2) is 0 Å². The summed E-state index contributed by atoms with van der Waals surface area (Å²) in [6.07, 6.45) is 24.6. The van der Waals surface area contributed by atoms with Crippen LogP contribution < -0.4 is 0 Å². The zero-order valence-electron chi connectivity index (χ0n) is 70.2. The Kier molecular flexibility index (Phi) is 66.4. The van der Waals surface area contributed by atoms with Gasteiger partial charge in [0.05, 0.1) is 80.0 Å². The molecule has 0 aromatic heterocycles. The molecule has 98 heavy (non-hydrogen) atoms.